The van der Waals surface area contributed by atoms with E-state index in [9.17, 15) is 14.7 Å². The Balaban J connectivity index is 1.66. The van der Waals surface area contributed by atoms with E-state index in [0.717, 1.165) is 35.7 Å². The van der Waals surface area contributed by atoms with Crippen molar-refractivity contribution in [3.63, 3.8) is 0 Å². The Kier molecular flexibility index (Phi) is 5.94. The van der Waals surface area contributed by atoms with Gasteiger partial charge in [-0.2, -0.15) is 0 Å². The monoisotopic (exact) mass is 489 g/mol. The van der Waals surface area contributed by atoms with Crippen molar-refractivity contribution in [3.8, 4) is 5.88 Å². The van der Waals surface area contributed by atoms with Crippen LogP contribution in [0.15, 0.2) is 37.9 Å². The third-order valence-electron chi connectivity index (χ3n) is 5.54. The molecule has 1 aromatic heterocycles. The fraction of sp³-hybridized carbons (Fsp3) is 0.450. The number of nitrogens with zero attached hydrogens (tertiary/aromatic N) is 5. The number of likely N-dealkylation sites (N-methyl/N-ethyl adjacent to an activating group) is 1. The number of carbonyl (C=O) groups is 2. The number of benzene rings is 1. The van der Waals surface area contributed by atoms with Crippen molar-refractivity contribution in [1.82, 2.24) is 20.1 Å². The Bertz CT molecular complexity index is 1080. The lowest BCUT2D eigenvalue weighted by Crippen LogP contribution is -2.63. The molecule has 0 aliphatic carbocycles. The minimum atomic E-state index is -0.660. The van der Waals surface area contributed by atoms with Gasteiger partial charge in [-0.15, -0.1) is 10.2 Å². The summed E-state index contributed by atoms with van der Waals surface area (Å²) in [5.74, 6) is -0.226. The molecule has 10 nitrogen and oxygen atoms in total. The van der Waals surface area contributed by atoms with E-state index in [2.05, 4.69) is 48.4 Å². The first kappa shape index (κ1) is 21.3. The smallest absolute Gasteiger partial charge is 0.325 e. The van der Waals surface area contributed by atoms with Crippen LogP contribution in [0.3, 0.4) is 0 Å². The zero-order valence-corrected chi connectivity index (χ0v) is 18.9. The van der Waals surface area contributed by atoms with Crippen LogP contribution in [0.2, 0.25) is 0 Å². The quantitative estimate of drug-likeness (QED) is 0.420. The summed E-state index contributed by atoms with van der Waals surface area (Å²) in [7, 11) is 1.60. The molecule has 0 saturated carbocycles. The predicted octanol–water partition coefficient (Wildman–Crippen LogP) is 3.85. The molecule has 1 aromatic carbocycles. The van der Waals surface area contributed by atoms with Gasteiger partial charge >= 0.3 is 6.03 Å². The van der Waals surface area contributed by atoms with Crippen LogP contribution in [0, 0.1) is 0 Å². The molecular formula is C20H24BrN7O3. The molecule has 3 amide bonds. The molecular weight excluding hydrogens is 466 g/mol. The third kappa shape index (κ3) is 4.01. The molecule has 2 atom stereocenters. The molecule has 3 N–H and O–H groups in total. The maximum Gasteiger partial charge on any atom is 0.325 e. The number of aromatic amines is 1. The molecule has 1 saturated heterocycles. The molecule has 4 rings (SSSR count). The van der Waals surface area contributed by atoms with E-state index in [1.807, 2.05) is 18.2 Å². The third-order valence-corrected chi connectivity index (χ3v) is 6.04. The Labute approximate surface area is 187 Å². The number of aliphatic imine (C=N–C) groups is 1. The Hall–Kier alpha value is -2.95. The second-order valence-electron chi connectivity index (χ2n) is 7.66. The van der Waals surface area contributed by atoms with Gasteiger partial charge in [-0.25, -0.2) is 9.79 Å². The average Bonchev–Trinajstić information content (AvgIpc) is 3.25. The summed E-state index contributed by atoms with van der Waals surface area (Å²) in [5, 5.41) is 21.9. The number of halogens is 1. The van der Waals surface area contributed by atoms with Crippen LogP contribution in [-0.2, 0) is 4.79 Å². The van der Waals surface area contributed by atoms with Gasteiger partial charge in [0.25, 0.3) is 5.91 Å². The van der Waals surface area contributed by atoms with Gasteiger partial charge in [-0.05, 0) is 24.6 Å². The van der Waals surface area contributed by atoms with Crippen molar-refractivity contribution in [1.29, 1.82) is 0 Å². The van der Waals surface area contributed by atoms with E-state index in [1.165, 1.54) is 4.90 Å². The maximum absolute atomic E-state index is 12.6. The summed E-state index contributed by atoms with van der Waals surface area (Å²) < 4.78 is 0.842. The zero-order valence-electron chi connectivity index (χ0n) is 17.3. The number of aromatic nitrogens is 1. The second-order valence-corrected chi connectivity index (χ2v) is 8.57. The number of imide groups is 1. The number of fused-ring (bicyclic) bond motifs is 2. The van der Waals surface area contributed by atoms with Gasteiger partial charge in [0.2, 0.25) is 11.8 Å². The first-order valence-corrected chi connectivity index (χ1v) is 11.0. The number of azo groups is 1. The zero-order chi connectivity index (χ0) is 22.1. The number of hydrogen-bond donors (Lipinski definition) is 3. The topological polar surface area (TPSA) is 126 Å². The molecule has 2 unspecified atom stereocenters. The molecule has 3 heterocycles. The first-order valence-electron chi connectivity index (χ1n) is 10.2. The molecule has 0 radical (unpaired) electrons. The van der Waals surface area contributed by atoms with Crippen LogP contribution in [0.1, 0.15) is 32.6 Å². The maximum atomic E-state index is 12.6. The lowest BCUT2D eigenvalue weighted by molar-refractivity contribution is -0.127. The number of aromatic hydroxyl groups is 1. The number of amides is 3. The van der Waals surface area contributed by atoms with Crippen molar-refractivity contribution in [2.24, 2.45) is 15.2 Å². The summed E-state index contributed by atoms with van der Waals surface area (Å²) in [5.41, 5.74) is 1.01. The fourth-order valence-corrected chi connectivity index (χ4v) is 4.24. The van der Waals surface area contributed by atoms with E-state index in [0.29, 0.717) is 11.9 Å². The normalized spacial score (nSPS) is 21.2. The molecule has 1 fully saturated rings. The van der Waals surface area contributed by atoms with Crippen LogP contribution in [-0.4, -0.2) is 63.6 Å². The van der Waals surface area contributed by atoms with Crippen molar-refractivity contribution < 1.29 is 14.7 Å². The Morgan fingerprint density at radius 2 is 2.03 bits per heavy atom. The van der Waals surface area contributed by atoms with Crippen LogP contribution < -0.4 is 5.32 Å². The van der Waals surface area contributed by atoms with Crippen molar-refractivity contribution in [2.45, 2.75) is 44.8 Å². The van der Waals surface area contributed by atoms with Crippen LogP contribution in [0.4, 0.5) is 10.5 Å². The Morgan fingerprint density at radius 3 is 2.81 bits per heavy atom. The van der Waals surface area contributed by atoms with Gasteiger partial charge in [-0.3, -0.25) is 10.1 Å². The van der Waals surface area contributed by atoms with E-state index in [4.69, 9.17) is 0 Å². The number of carbonyl (C=O) groups excluding carboxylic acids is 2. The van der Waals surface area contributed by atoms with Gasteiger partial charge in [-0.1, -0.05) is 42.1 Å². The molecule has 2 aliphatic heterocycles. The van der Waals surface area contributed by atoms with Gasteiger partial charge in [0.15, 0.2) is 17.9 Å². The summed E-state index contributed by atoms with van der Waals surface area (Å²) in [6, 6.07) is 4.37. The predicted molar refractivity (Wildman–Crippen MR) is 119 cm³/mol. The average molecular weight is 490 g/mol. The highest BCUT2D eigenvalue weighted by Crippen LogP contribution is 2.37. The van der Waals surface area contributed by atoms with Crippen LogP contribution in [0.25, 0.3) is 10.9 Å². The van der Waals surface area contributed by atoms with Gasteiger partial charge in [0, 0.05) is 23.5 Å². The number of urea groups is 1. The highest BCUT2D eigenvalue weighted by molar-refractivity contribution is 9.10. The standard InChI is InChI=1S/C20H24BrN7O3/c1-3-4-5-6-9-28-15-16(27(2)20(31)24-18(15)30)23-19(28)26-25-14-12-10-11(21)7-8-13(12)22-17(14)29/h7-8,10,15-16,22,29H,3-6,9H2,1-2H3,(H,24,30,31). The van der Waals surface area contributed by atoms with E-state index in [1.54, 1.807) is 11.9 Å². The SMILES string of the molecule is CCCCCCN1C(N=Nc2c(O)[nH]c3ccc(Br)cc23)=NC2C1C(=O)NC(=O)N2C. The largest absolute Gasteiger partial charge is 0.493 e. The van der Waals surface area contributed by atoms with Gasteiger partial charge in [0.05, 0.1) is 5.52 Å². The highest BCUT2D eigenvalue weighted by atomic mass is 79.9. The van der Waals surface area contributed by atoms with Crippen molar-refractivity contribution in [2.75, 3.05) is 13.6 Å². The number of H-pyrrole nitrogens is 1. The van der Waals surface area contributed by atoms with E-state index in [-0.39, 0.29) is 17.5 Å². The molecule has 0 bridgehead atoms. The molecule has 2 aromatic rings. The molecule has 11 heteroatoms. The molecule has 164 valence electrons. The molecule has 2 aliphatic rings. The van der Waals surface area contributed by atoms with Crippen LogP contribution in [0.5, 0.6) is 5.88 Å². The van der Waals surface area contributed by atoms with Crippen LogP contribution >= 0.6 is 15.9 Å². The summed E-state index contributed by atoms with van der Waals surface area (Å²) in [6.45, 7) is 2.70. The van der Waals surface area contributed by atoms with Gasteiger partial charge < -0.3 is 19.9 Å². The van der Waals surface area contributed by atoms with E-state index < -0.39 is 24.1 Å². The fourth-order valence-electron chi connectivity index (χ4n) is 3.87. The second kappa shape index (κ2) is 8.66. The minimum absolute atomic E-state index is 0.104. The number of unbranched alkanes of at least 4 members (excludes halogenated alkanes) is 3. The van der Waals surface area contributed by atoms with Crippen molar-refractivity contribution in [3.05, 3.63) is 22.7 Å². The highest BCUT2D eigenvalue weighted by Gasteiger charge is 2.48. The molecule has 0 spiro atoms. The lowest BCUT2D eigenvalue weighted by atomic mass is 10.1. The lowest BCUT2D eigenvalue weighted by Gasteiger charge is -2.35. The van der Waals surface area contributed by atoms with Gasteiger partial charge in [0.1, 0.15) is 0 Å². The number of nitrogens with one attached hydrogen (secondary N) is 2. The molecule has 31 heavy (non-hydrogen) atoms. The summed E-state index contributed by atoms with van der Waals surface area (Å²) in [6.07, 6.45) is 3.41. The number of guanidine groups is 1. The summed E-state index contributed by atoms with van der Waals surface area (Å²) in [4.78, 5) is 35.2. The minimum Gasteiger partial charge on any atom is -0.493 e. The van der Waals surface area contributed by atoms with Crippen molar-refractivity contribution >= 4 is 50.4 Å². The van der Waals surface area contributed by atoms with E-state index >= 15 is 0 Å². The number of hydrogen-bond acceptors (Lipinski definition) is 7. The Morgan fingerprint density at radius 1 is 1.23 bits per heavy atom. The number of rotatable bonds is 6. The first-order chi connectivity index (χ1) is 14.9. The summed E-state index contributed by atoms with van der Waals surface area (Å²) >= 11 is 3.42.